The minimum absolute atomic E-state index is 0.231. The highest BCUT2D eigenvalue weighted by Gasteiger charge is 2.10. The van der Waals surface area contributed by atoms with Crippen LogP contribution in [0.3, 0.4) is 0 Å². The van der Waals surface area contributed by atoms with Gasteiger partial charge in [0.05, 0.1) is 0 Å². The lowest BCUT2D eigenvalue weighted by Gasteiger charge is -2.15. The molecular weight excluding hydrogens is 285 g/mol. The zero-order chi connectivity index (χ0) is 15.6. The summed E-state index contributed by atoms with van der Waals surface area (Å²) < 4.78 is 19.3. The van der Waals surface area contributed by atoms with Gasteiger partial charge in [0, 0.05) is 11.1 Å². The second-order valence-corrected chi connectivity index (χ2v) is 5.62. The third kappa shape index (κ3) is 3.58. The largest absolute Gasteiger partial charge is 0.488 e. The summed E-state index contributed by atoms with van der Waals surface area (Å²) in [6.45, 7) is 6.27. The number of benzene rings is 2. The second kappa shape index (κ2) is 6.22. The van der Waals surface area contributed by atoms with Gasteiger partial charge < -0.3 is 10.5 Å². The van der Waals surface area contributed by atoms with Crippen LogP contribution in [-0.4, -0.2) is 4.99 Å². The van der Waals surface area contributed by atoms with Crippen LogP contribution in [0.1, 0.15) is 27.8 Å². The van der Waals surface area contributed by atoms with Gasteiger partial charge in [0.25, 0.3) is 0 Å². The Kier molecular flexibility index (Phi) is 4.58. The summed E-state index contributed by atoms with van der Waals surface area (Å²) >= 11 is 4.99. The lowest BCUT2D eigenvalue weighted by Crippen LogP contribution is -2.14. The summed E-state index contributed by atoms with van der Waals surface area (Å²) in [4.78, 5) is 0.242. The summed E-state index contributed by atoms with van der Waals surface area (Å²) in [6, 6.07) is 8.46. The van der Waals surface area contributed by atoms with E-state index in [4.69, 9.17) is 22.7 Å². The first-order valence-corrected chi connectivity index (χ1v) is 7.08. The Morgan fingerprint density at radius 2 is 1.76 bits per heavy atom. The molecule has 0 aromatic heterocycles. The number of hydrogen-bond acceptors (Lipinski definition) is 2. The maximum absolute atomic E-state index is 13.4. The second-order valence-electron chi connectivity index (χ2n) is 5.18. The molecule has 4 heteroatoms. The molecule has 0 aliphatic rings. The van der Waals surface area contributed by atoms with E-state index in [1.165, 1.54) is 17.7 Å². The molecule has 0 saturated carbocycles. The van der Waals surface area contributed by atoms with Crippen molar-refractivity contribution in [1.29, 1.82) is 0 Å². The van der Waals surface area contributed by atoms with Crippen LogP contribution in [-0.2, 0) is 6.61 Å². The Morgan fingerprint density at radius 3 is 2.33 bits per heavy atom. The van der Waals surface area contributed by atoms with Crippen LogP contribution < -0.4 is 10.5 Å². The Balaban J connectivity index is 2.28. The number of nitrogens with two attached hydrogens (primary N) is 1. The molecule has 0 bridgehead atoms. The first-order chi connectivity index (χ1) is 9.88. The highest BCUT2D eigenvalue weighted by atomic mass is 32.1. The molecule has 0 aliphatic carbocycles. The molecule has 0 saturated heterocycles. The van der Waals surface area contributed by atoms with Crippen LogP contribution in [0.25, 0.3) is 0 Å². The van der Waals surface area contributed by atoms with E-state index in [9.17, 15) is 4.39 Å². The fourth-order valence-corrected chi connectivity index (χ4v) is 2.67. The molecule has 0 heterocycles. The number of thiocarbonyl (C=S) groups is 1. The predicted molar refractivity (Wildman–Crippen MR) is 87.3 cm³/mol. The average Bonchev–Trinajstić information content (AvgIpc) is 2.37. The molecule has 0 amide bonds. The Labute approximate surface area is 129 Å². The van der Waals surface area contributed by atoms with Crippen LogP contribution in [0.2, 0.25) is 0 Å². The fourth-order valence-electron chi connectivity index (χ4n) is 2.47. The molecule has 0 radical (unpaired) electrons. The van der Waals surface area contributed by atoms with Gasteiger partial charge in [0.15, 0.2) is 0 Å². The zero-order valence-electron chi connectivity index (χ0n) is 12.4. The van der Waals surface area contributed by atoms with Gasteiger partial charge in [-0.25, -0.2) is 4.39 Å². The molecule has 2 aromatic carbocycles. The van der Waals surface area contributed by atoms with Crippen molar-refractivity contribution in [2.75, 3.05) is 0 Å². The predicted octanol–water partition coefficient (Wildman–Crippen LogP) is 3.96. The van der Waals surface area contributed by atoms with Gasteiger partial charge >= 0.3 is 0 Å². The molecule has 0 fully saturated rings. The molecule has 0 unspecified atom stereocenters. The highest BCUT2D eigenvalue weighted by molar-refractivity contribution is 7.80. The first kappa shape index (κ1) is 15.4. The topological polar surface area (TPSA) is 35.2 Å². The van der Waals surface area contributed by atoms with Crippen molar-refractivity contribution in [3.05, 3.63) is 64.0 Å². The van der Waals surface area contributed by atoms with E-state index in [1.54, 1.807) is 6.07 Å². The molecule has 2 nitrogen and oxygen atoms in total. The van der Waals surface area contributed by atoms with Gasteiger partial charge in [-0.15, -0.1) is 0 Å². The number of hydrogen-bond donors (Lipinski definition) is 1. The van der Waals surface area contributed by atoms with Crippen molar-refractivity contribution >= 4 is 17.2 Å². The van der Waals surface area contributed by atoms with E-state index in [0.717, 1.165) is 16.9 Å². The minimum atomic E-state index is -0.328. The monoisotopic (exact) mass is 303 g/mol. The van der Waals surface area contributed by atoms with Gasteiger partial charge in [-0.2, -0.15) is 0 Å². The molecule has 0 spiro atoms. The zero-order valence-corrected chi connectivity index (χ0v) is 13.2. The molecular formula is C17H18FNOS. The smallest absolute Gasteiger partial charge is 0.125 e. The van der Waals surface area contributed by atoms with Crippen LogP contribution in [0.15, 0.2) is 30.3 Å². The number of aryl methyl sites for hydroxylation is 3. The van der Waals surface area contributed by atoms with E-state index in [0.29, 0.717) is 11.1 Å². The van der Waals surface area contributed by atoms with E-state index >= 15 is 0 Å². The summed E-state index contributed by atoms with van der Waals surface area (Å²) in [5, 5.41) is 0. The van der Waals surface area contributed by atoms with E-state index in [-0.39, 0.29) is 17.4 Å². The van der Waals surface area contributed by atoms with Crippen LogP contribution >= 0.6 is 12.2 Å². The van der Waals surface area contributed by atoms with Crippen molar-refractivity contribution in [2.45, 2.75) is 27.4 Å². The maximum atomic E-state index is 13.4. The highest BCUT2D eigenvalue weighted by Crippen LogP contribution is 2.26. The average molecular weight is 303 g/mol. The molecule has 2 N–H and O–H groups in total. The lowest BCUT2D eigenvalue weighted by molar-refractivity contribution is 0.301. The molecule has 2 aromatic rings. The molecule has 0 atom stereocenters. The molecule has 110 valence electrons. The third-order valence-electron chi connectivity index (χ3n) is 3.31. The van der Waals surface area contributed by atoms with Gasteiger partial charge in [0.1, 0.15) is 23.2 Å². The quantitative estimate of drug-likeness (QED) is 0.868. The molecule has 2 rings (SSSR count). The van der Waals surface area contributed by atoms with Crippen LogP contribution in [0, 0.1) is 26.6 Å². The van der Waals surface area contributed by atoms with Crippen molar-refractivity contribution in [2.24, 2.45) is 5.73 Å². The van der Waals surface area contributed by atoms with Crippen LogP contribution in [0.4, 0.5) is 4.39 Å². The van der Waals surface area contributed by atoms with E-state index < -0.39 is 0 Å². The fraction of sp³-hybridized carbons (Fsp3) is 0.235. The van der Waals surface area contributed by atoms with Gasteiger partial charge in [-0.3, -0.25) is 0 Å². The summed E-state index contributed by atoms with van der Waals surface area (Å²) in [5.41, 5.74) is 10.3. The number of ether oxygens (including phenoxy) is 1. The van der Waals surface area contributed by atoms with Crippen molar-refractivity contribution in [3.8, 4) is 5.75 Å². The van der Waals surface area contributed by atoms with Crippen molar-refractivity contribution < 1.29 is 9.13 Å². The lowest BCUT2D eigenvalue weighted by atomic mass is 10.1. The Bertz CT molecular complexity index is 674. The van der Waals surface area contributed by atoms with Crippen molar-refractivity contribution in [1.82, 2.24) is 0 Å². The minimum Gasteiger partial charge on any atom is -0.488 e. The van der Waals surface area contributed by atoms with Crippen LogP contribution in [0.5, 0.6) is 5.75 Å². The molecule has 0 aliphatic heterocycles. The standard InChI is InChI=1S/C17H18FNOS/c1-10-6-11(2)16(12(3)7-10)20-9-13-8-14(18)4-5-15(13)17(19)21/h4-8H,9H2,1-3H3,(H2,19,21). The van der Waals surface area contributed by atoms with Crippen molar-refractivity contribution in [3.63, 3.8) is 0 Å². The number of rotatable bonds is 4. The summed E-state index contributed by atoms with van der Waals surface area (Å²) in [5.74, 6) is 0.490. The summed E-state index contributed by atoms with van der Waals surface area (Å²) in [7, 11) is 0. The molecule has 21 heavy (non-hydrogen) atoms. The van der Waals surface area contributed by atoms with Gasteiger partial charge in [0.2, 0.25) is 0 Å². The first-order valence-electron chi connectivity index (χ1n) is 6.67. The van der Waals surface area contributed by atoms with E-state index in [1.807, 2.05) is 20.8 Å². The Hall–Kier alpha value is -1.94. The SMILES string of the molecule is Cc1cc(C)c(OCc2cc(F)ccc2C(N)=S)c(C)c1. The van der Waals surface area contributed by atoms with Gasteiger partial charge in [-0.1, -0.05) is 29.9 Å². The normalized spacial score (nSPS) is 10.5. The van der Waals surface area contributed by atoms with E-state index in [2.05, 4.69) is 12.1 Å². The number of halogens is 1. The summed E-state index contributed by atoms with van der Waals surface area (Å²) in [6.07, 6.45) is 0. The maximum Gasteiger partial charge on any atom is 0.125 e. The third-order valence-corrected chi connectivity index (χ3v) is 3.53. The Morgan fingerprint density at radius 1 is 1.14 bits per heavy atom. The van der Waals surface area contributed by atoms with Gasteiger partial charge in [-0.05, 0) is 50.1 Å².